The molecular weight excluding hydrogens is 272 g/mol. The average Bonchev–Trinajstić information content (AvgIpc) is 2.40. The highest BCUT2D eigenvalue weighted by Crippen LogP contribution is 2.30. The summed E-state index contributed by atoms with van der Waals surface area (Å²) in [6.07, 6.45) is 2.18. The van der Waals surface area contributed by atoms with E-state index in [4.69, 9.17) is 16.3 Å². The molecule has 0 N–H and O–H groups in total. The Bertz CT molecular complexity index is 442. The lowest BCUT2D eigenvalue weighted by Crippen LogP contribution is -2.44. The standard InChI is InChI=1S/C16H25ClN2O/c1-13-11-14(16(20-3)15(17)12-13)5-4-6-19-9-7-18(2)8-10-19/h11-12H,4-10H2,1-3H3. The molecule has 3 nitrogen and oxygen atoms in total. The van der Waals surface area contributed by atoms with Crippen molar-refractivity contribution in [2.24, 2.45) is 0 Å². The van der Waals surface area contributed by atoms with Crippen LogP contribution in [0.25, 0.3) is 0 Å². The van der Waals surface area contributed by atoms with E-state index in [1.165, 1.54) is 37.3 Å². The monoisotopic (exact) mass is 296 g/mol. The highest BCUT2D eigenvalue weighted by Gasteiger charge is 2.14. The molecule has 20 heavy (non-hydrogen) atoms. The third kappa shape index (κ3) is 4.11. The minimum absolute atomic E-state index is 0.724. The second-order valence-corrected chi connectivity index (χ2v) is 6.09. The van der Waals surface area contributed by atoms with Gasteiger partial charge >= 0.3 is 0 Å². The fourth-order valence-electron chi connectivity index (χ4n) is 2.78. The quantitative estimate of drug-likeness (QED) is 0.831. The van der Waals surface area contributed by atoms with Crippen LogP contribution in [-0.2, 0) is 6.42 Å². The lowest BCUT2D eigenvalue weighted by Gasteiger charge is -2.32. The molecule has 0 amide bonds. The van der Waals surface area contributed by atoms with Gasteiger partial charge in [0.2, 0.25) is 0 Å². The molecule has 1 aliphatic heterocycles. The van der Waals surface area contributed by atoms with E-state index in [0.29, 0.717) is 0 Å². The van der Waals surface area contributed by atoms with Crippen LogP contribution in [0.15, 0.2) is 12.1 Å². The third-order valence-corrected chi connectivity index (χ3v) is 4.27. The number of hydrogen-bond donors (Lipinski definition) is 0. The minimum atomic E-state index is 0.724. The lowest BCUT2D eigenvalue weighted by atomic mass is 10.1. The SMILES string of the molecule is COc1c(Cl)cc(C)cc1CCCN1CCN(C)CC1. The highest BCUT2D eigenvalue weighted by atomic mass is 35.5. The first-order valence-corrected chi connectivity index (χ1v) is 7.72. The summed E-state index contributed by atoms with van der Waals surface area (Å²) in [5.74, 6) is 0.843. The van der Waals surface area contributed by atoms with Crippen LogP contribution in [0.4, 0.5) is 0 Å². The molecule has 1 aromatic rings. The molecule has 4 heteroatoms. The average molecular weight is 297 g/mol. The summed E-state index contributed by atoms with van der Waals surface area (Å²) in [5.41, 5.74) is 2.43. The maximum Gasteiger partial charge on any atom is 0.140 e. The molecule has 0 saturated carbocycles. The maximum absolute atomic E-state index is 6.24. The van der Waals surface area contributed by atoms with Crippen LogP contribution >= 0.6 is 11.6 Å². The summed E-state index contributed by atoms with van der Waals surface area (Å²) in [6, 6.07) is 4.15. The van der Waals surface area contributed by atoms with Crippen LogP contribution in [0.3, 0.4) is 0 Å². The first kappa shape index (κ1) is 15.6. The lowest BCUT2D eigenvalue weighted by molar-refractivity contribution is 0.153. The fraction of sp³-hybridized carbons (Fsp3) is 0.625. The summed E-state index contributed by atoms with van der Waals surface area (Å²) < 4.78 is 5.44. The number of piperazine rings is 1. The third-order valence-electron chi connectivity index (χ3n) is 3.99. The Morgan fingerprint density at radius 2 is 1.90 bits per heavy atom. The molecule has 0 radical (unpaired) electrons. The zero-order valence-corrected chi connectivity index (χ0v) is 13.5. The van der Waals surface area contributed by atoms with Crippen molar-refractivity contribution in [1.29, 1.82) is 0 Å². The van der Waals surface area contributed by atoms with Gasteiger partial charge in [0, 0.05) is 26.2 Å². The van der Waals surface area contributed by atoms with E-state index >= 15 is 0 Å². The number of likely N-dealkylation sites (N-methyl/N-ethyl adjacent to an activating group) is 1. The molecule has 1 saturated heterocycles. The second kappa shape index (κ2) is 7.30. The van der Waals surface area contributed by atoms with Crippen molar-refractivity contribution in [3.63, 3.8) is 0 Å². The Labute approximate surface area is 127 Å². The summed E-state index contributed by atoms with van der Waals surface area (Å²) >= 11 is 6.24. The maximum atomic E-state index is 6.24. The van der Waals surface area contributed by atoms with Gasteiger partial charge in [-0.2, -0.15) is 0 Å². The Kier molecular flexibility index (Phi) is 5.70. The molecule has 0 unspecified atom stereocenters. The van der Waals surface area contributed by atoms with Gasteiger partial charge in [-0.25, -0.2) is 0 Å². The molecule has 1 heterocycles. The largest absolute Gasteiger partial charge is 0.495 e. The van der Waals surface area contributed by atoms with Crippen LogP contribution in [0.2, 0.25) is 5.02 Å². The van der Waals surface area contributed by atoms with E-state index < -0.39 is 0 Å². The number of nitrogens with zero attached hydrogens (tertiary/aromatic N) is 2. The number of ether oxygens (including phenoxy) is 1. The number of rotatable bonds is 5. The number of aryl methyl sites for hydroxylation is 2. The van der Waals surface area contributed by atoms with E-state index in [1.807, 2.05) is 6.07 Å². The molecule has 0 bridgehead atoms. The van der Waals surface area contributed by atoms with E-state index in [1.54, 1.807) is 7.11 Å². The molecular formula is C16H25ClN2O. The topological polar surface area (TPSA) is 15.7 Å². The first-order valence-electron chi connectivity index (χ1n) is 7.34. The van der Waals surface area contributed by atoms with Gasteiger partial charge in [-0.05, 0) is 50.6 Å². The molecule has 1 aliphatic rings. The molecule has 1 aromatic carbocycles. The van der Waals surface area contributed by atoms with Crippen LogP contribution in [0, 0.1) is 6.92 Å². The van der Waals surface area contributed by atoms with Gasteiger partial charge in [0.05, 0.1) is 12.1 Å². The zero-order valence-electron chi connectivity index (χ0n) is 12.8. The Morgan fingerprint density at radius 1 is 1.20 bits per heavy atom. The van der Waals surface area contributed by atoms with Gasteiger partial charge in [0.1, 0.15) is 5.75 Å². The van der Waals surface area contributed by atoms with Crippen LogP contribution in [-0.4, -0.2) is 56.7 Å². The van der Waals surface area contributed by atoms with E-state index in [2.05, 4.69) is 29.8 Å². The summed E-state index contributed by atoms with van der Waals surface area (Å²) in [4.78, 5) is 4.93. The van der Waals surface area contributed by atoms with Crippen molar-refractivity contribution in [2.45, 2.75) is 19.8 Å². The van der Waals surface area contributed by atoms with E-state index in [0.717, 1.165) is 30.2 Å². The van der Waals surface area contributed by atoms with Gasteiger partial charge in [0.15, 0.2) is 0 Å². The van der Waals surface area contributed by atoms with E-state index in [9.17, 15) is 0 Å². The molecule has 0 atom stereocenters. The smallest absolute Gasteiger partial charge is 0.140 e. The van der Waals surface area contributed by atoms with Crippen LogP contribution in [0.5, 0.6) is 5.75 Å². The number of benzene rings is 1. The van der Waals surface area contributed by atoms with Gasteiger partial charge < -0.3 is 14.5 Å². The summed E-state index contributed by atoms with van der Waals surface area (Å²) in [7, 11) is 3.89. The Morgan fingerprint density at radius 3 is 2.55 bits per heavy atom. The van der Waals surface area contributed by atoms with E-state index in [-0.39, 0.29) is 0 Å². The molecule has 1 fully saturated rings. The van der Waals surface area contributed by atoms with Crippen LogP contribution in [0.1, 0.15) is 17.5 Å². The molecule has 0 aromatic heterocycles. The van der Waals surface area contributed by atoms with Gasteiger partial charge in [-0.15, -0.1) is 0 Å². The van der Waals surface area contributed by atoms with Crippen molar-refractivity contribution in [3.8, 4) is 5.75 Å². The van der Waals surface area contributed by atoms with Crippen molar-refractivity contribution in [3.05, 3.63) is 28.3 Å². The van der Waals surface area contributed by atoms with Crippen molar-refractivity contribution >= 4 is 11.6 Å². The minimum Gasteiger partial charge on any atom is -0.495 e. The molecule has 112 valence electrons. The van der Waals surface area contributed by atoms with Crippen molar-refractivity contribution < 1.29 is 4.74 Å². The van der Waals surface area contributed by atoms with Gasteiger partial charge in [-0.3, -0.25) is 0 Å². The highest BCUT2D eigenvalue weighted by molar-refractivity contribution is 6.32. The number of hydrogen-bond acceptors (Lipinski definition) is 3. The fourth-order valence-corrected chi connectivity index (χ4v) is 3.15. The normalized spacial score (nSPS) is 17.4. The first-order chi connectivity index (χ1) is 9.60. The summed E-state index contributed by atoms with van der Waals surface area (Å²) in [5, 5.41) is 0.724. The molecule has 2 rings (SSSR count). The molecule has 0 aliphatic carbocycles. The predicted octanol–water partition coefficient (Wildman–Crippen LogP) is 2.84. The van der Waals surface area contributed by atoms with Gasteiger partial charge in [-0.1, -0.05) is 17.7 Å². The van der Waals surface area contributed by atoms with Crippen molar-refractivity contribution in [2.75, 3.05) is 46.9 Å². The van der Waals surface area contributed by atoms with Crippen molar-refractivity contribution in [1.82, 2.24) is 9.80 Å². The summed E-state index contributed by atoms with van der Waals surface area (Å²) in [6.45, 7) is 7.96. The molecule has 0 spiro atoms. The number of methoxy groups -OCH3 is 1. The Balaban J connectivity index is 1.87. The number of halogens is 1. The predicted molar refractivity (Wildman–Crippen MR) is 85.0 cm³/mol. The zero-order chi connectivity index (χ0) is 14.5. The van der Waals surface area contributed by atoms with Crippen LogP contribution < -0.4 is 4.74 Å². The Hall–Kier alpha value is -0.770. The van der Waals surface area contributed by atoms with Gasteiger partial charge in [0.25, 0.3) is 0 Å². The second-order valence-electron chi connectivity index (χ2n) is 5.69.